The van der Waals surface area contributed by atoms with E-state index in [9.17, 15) is 13.2 Å². The zero-order valence-electron chi connectivity index (χ0n) is 11.3. The zero-order valence-corrected chi connectivity index (χ0v) is 12.1. The molecule has 0 fully saturated rings. The molecule has 0 radical (unpaired) electrons. The highest BCUT2D eigenvalue weighted by Gasteiger charge is 2.13. The summed E-state index contributed by atoms with van der Waals surface area (Å²) in [4.78, 5) is 0. The van der Waals surface area contributed by atoms with Crippen LogP contribution in [0.15, 0.2) is 18.2 Å². The van der Waals surface area contributed by atoms with Crippen LogP contribution < -0.4 is 5.32 Å². The van der Waals surface area contributed by atoms with E-state index >= 15 is 0 Å². The van der Waals surface area contributed by atoms with Gasteiger partial charge in [0.2, 0.25) is 0 Å². The smallest absolute Gasteiger partial charge is 0.261 e. The third-order valence-corrected chi connectivity index (χ3v) is 3.27. The molecule has 0 saturated carbocycles. The number of benzene rings is 1. The van der Waals surface area contributed by atoms with E-state index in [4.69, 9.17) is 16.3 Å². The molecular weight excluding hydrogens is 291 g/mol. The maximum absolute atomic E-state index is 13.4. The molecule has 0 amide bonds. The predicted molar refractivity (Wildman–Crippen MR) is 74.0 cm³/mol. The molecule has 1 unspecified atom stereocenters. The number of likely N-dealkylation sites (N-methyl/N-ethyl adjacent to an activating group) is 1. The highest BCUT2D eigenvalue weighted by Crippen LogP contribution is 2.21. The summed E-state index contributed by atoms with van der Waals surface area (Å²) in [7, 11) is 0. The number of halogens is 4. The molecule has 1 atom stereocenters. The van der Waals surface area contributed by atoms with E-state index in [1.807, 2.05) is 6.92 Å². The van der Waals surface area contributed by atoms with Crippen LogP contribution in [-0.4, -0.2) is 32.2 Å². The topological polar surface area (TPSA) is 21.3 Å². The van der Waals surface area contributed by atoms with Gasteiger partial charge in [0.15, 0.2) is 0 Å². The molecule has 0 spiro atoms. The molecule has 1 N–H and O–H groups in total. The van der Waals surface area contributed by atoms with Gasteiger partial charge in [-0.2, -0.15) is 0 Å². The minimum Gasteiger partial charge on any atom is -0.375 e. The highest BCUT2D eigenvalue weighted by atomic mass is 35.5. The van der Waals surface area contributed by atoms with Crippen molar-refractivity contribution >= 4 is 11.6 Å². The van der Waals surface area contributed by atoms with Crippen molar-refractivity contribution in [3.05, 3.63) is 34.6 Å². The molecule has 6 heteroatoms. The lowest BCUT2D eigenvalue weighted by Crippen LogP contribution is -2.32. The fourth-order valence-corrected chi connectivity index (χ4v) is 2.14. The van der Waals surface area contributed by atoms with Crippen molar-refractivity contribution in [3.8, 4) is 0 Å². The molecule has 20 heavy (non-hydrogen) atoms. The third kappa shape index (κ3) is 6.11. The Balaban J connectivity index is 2.51. The minimum absolute atomic E-state index is 0.0111. The number of rotatable bonds is 9. The number of ether oxygens (including phenoxy) is 1. The van der Waals surface area contributed by atoms with Crippen molar-refractivity contribution in [2.45, 2.75) is 32.2 Å². The van der Waals surface area contributed by atoms with E-state index < -0.39 is 18.8 Å². The van der Waals surface area contributed by atoms with Gasteiger partial charge in [0, 0.05) is 12.6 Å². The summed E-state index contributed by atoms with van der Waals surface area (Å²) >= 11 is 5.91. The summed E-state index contributed by atoms with van der Waals surface area (Å²) in [5.41, 5.74) is 0.700. The van der Waals surface area contributed by atoms with Crippen molar-refractivity contribution < 1.29 is 17.9 Å². The molecule has 2 nitrogen and oxygen atoms in total. The Morgan fingerprint density at radius 1 is 1.35 bits per heavy atom. The second-order valence-corrected chi connectivity index (χ2v) is 4.80. The molecule has 0 aromatic heterocycles. The molecule has 0 aliphatic rings. The molecule has 0 aliphatic heterocycles. The Morgan fingerprint density at radius 3 is 2.75 bits per heavy atom. The van der Waals surface area contributed by atoms with Gasteiger partial charge < -0.3 is 10.1 Å². The van der Waals surface area contributed by atoms with Gasteiger partial charge in [0.25, 0.3) is 6.43 Å². The van der Waals surface area contributed by atoms with Gasteiger partial charge in [-0.1, -0.05) is 30.7 Å². The Morgan fingerprint density at radius 2 is 2.10 bits per heavy atom. The first-order valence-electron chi connectivity index (χ1n) is 6.56. The Bertz CT molecular complexity index is 404. The van der Waals surface area contributed by atoms with Crippen LogP contribution in [0.4, 0.5) is 13.2 Å². The van der Waals surface area contributed by atoms with Crippen molar-refractivity contribution in [2.24, 2.45) is 0 Å². The summed E-state index contributed by atoms with van der Waals surface area (Å²) in [6.45, 7) is 2.35. The van der Waals surface area contributed by atoms with Crippen molar-refractivity contribution in [3.63, 3.8) is 0 Å². The lowest BCUT2D eigenvalue weighted by Gasteiger charge is -2.18. The van der Waals surface area contributed by atoms with Gasteiger partial charge in [-0.25, -0.2) is 13.2 Å². The molecule has 1 aromatic rings. The summed E-state index contributed by atoms with van der Waals surface area (Å²) < 4.78 is 42.1. The van der Waals surface area contributed by atoms with Crippen molar-refractivity contribution in [2.75, 3.05) is 19.8 Å². The first kappa shape index (κ1) is 17.3. The van der Waals surface area contributed by atoms with Crippen LogP contribution in [0.3, 0.4) is 0 Å². The van der Waals surface area contributed by atoms with Crippen LogP contribution in [0, 0.1) is 5.82 Å². The van der Waals surface area contributed by atoms with E-state index in [-0.39, 0.29) is 17.7 Å². The number of hydrogen-bond acceptors (Lipinski definition) is 2. The van der Waals surface area contributed by atoms with E-state index in [0.29, 0.717) is 18.4 Å². The van der Waals surface area contributed by atoms with Crippen LogP contribution in [0.25, 0.3) is 0 Å². The molecular formula is C14H19ClF3NO. The van der Waals surface area contributed by atoms with Crippen molar-refractivity contribution in [1.82, 2.24) is 5.32 Å². The normalized spacial score (nSPS) is 12.9. The summed E-state index contributed by atoms with van der Waals surface area (Å²) in [5.74, 6) is -0.451. The van der Waals surface area contributed by atoms with Crippen LogP contribution in [0.2, 0.25) is 5.02 Å². The molecule has 1 aromatic carbocycles. The Kier molecular flexibility index (Phi) is 7.95. The second kappa shape index (κ2) is 9.21. The van der Waals surface area contributed by atoms with Crippen molar-refractivity contribution in [1.29, 1.82) is 0 Å². The van der Waals surface area contributed by atoms with Gasteiger partial charge in [-0.15, -0.1) is 0 Å². The maximum atomic E-state index is 13.4. The fraction of sp³-hybridized carbons (Fsp3) is 0.571. The van der Waals surface area contributed by atoms with Crippen LogP contribution in [0.1, 0.15) is 18.9 Å². The summed E-state index contributed by atoms with van der Waals surface area (Å²) in [5, 5.41) is 3.33. The SMILES string of the molecule is CCNC(CCOCC(F)F)Cc1cccc(F)c1Cl. The lowest BCUT2D eigenvalue weighted by molar-refractivity contribution is 0.0144. The van der Waals surface area contributed by atoms with Gasteiger partial charge in [0.1, 0.15) is 12.4 Å². The molecule has 1 rings (SSSR count). The average Bonchev–Trinajstić information content (AvgIpc) is 2.40. The molecule has 0 heterocycles. The van der Waals surface area contributed by atoms with Gasteiger partial charge in [-0.05, 0) is 31.0 Å². The lowest BCUT2D eigenvalue weighted by atomic mass is 10.0. The van der Waals surface area contributed by atoms with Gasteiger partial charge in [0.05, 0.1) is 5.02 Å². The Labute approximate surface area is 122 Å². The second-order valence-electron chi connectivity index (χ2n) is 4.43. The molecule has 0 saturated heterocycles. The number of hydrogen-bond donors (Lipinski definition) is 1. The van der Waals surface area contributed by atoms with E-state index in [0.717, 1.165) is 6.54 Å². The molecule has 0 bridgehead atoms. The predicted octanol–water partition coefficient (Wildman–Crippen LogP) is 3.67. The first-order valence-corrected chi connectivity index (χ1v) is 6.94. The number of nitrogens with one attached hydrogen (secondary N) is 1. The van der Waals surface area contributed by atoms with Crippen LogP contribution in [0.5, 0.6) is 0 Å². The van der Waals surface area contributed by atoms with E-state index in [1.165, 1.54) is 6.07 Å². The zero-order chi connectivity index (χ0) is 15.0. The maximum Gasteiger partial charge on any atom is 0.261 e. The van der Waals surface area contributed by atoms with E-state index in [2.05, 4.69) is 5.32 Å². The Hall–Kier alpha value is -0.780. The standard InChI is InChI=1S/C14H19ClF3NO/c1-2-19-11(6-7-20-9-13(17)18)8-10-4-3-5-12(16)14(10)15/h3-5,11,13,19H,2,6-9H2,1H3. The van der Waals surface area contributed by atoms with Crippen LogP contribution in [-0.2, 0) is 11.2 Å². The van der Waals surface area contributed by atoms with Crippen LogP contribution >= 0.6 is 11.6 Å². The summed E-state index contributed by atoms with van der Waals surface area (Å²) in [6.07, 6.45) is -1.36. The molecule has 0 aliphatic carbocycles. The average molecular weight is 310 g/mol. The minimum atomic E-state index is -2.45. The van der Waals surface area contributed by atoms with Gasteiger partial charge in [-0.3, -0.25) is 0 Å². The monoisotopic (exact) mass is 309 g/mol. The quantitative estimate of drug-likeness (QED) is 0.703. The van der Waals surface area contributed by atoms with Gasteiger partial charge >= 0.3 is 0 Å². The fourth-order valence-electron chi connectivity index (χ4n) is 1.93. The summed E-state index contributed by atoms with van der Waals surface area (Å²) in [6, 6.07) is 4.68. The third-order valence-electron chi connectivity index (χ3n) is 2.85. The molecule has 114 valence electrons. The largest absolute Gasteiger partial charge is 0.375 e. The first-order chi connectivity index (χ1) is 9.54. The van der Waals surface area contributed by atoms with E-state index in [1.54, 1.807) is 12.1 Å². The number of alkyl halides is 2. The highest BCUT2D eigenvalue weighted by molar-refractivity contribution is 6.31.